The highest BCUT2D eigenvalue weighted by molar-refractivity contribution is 5.27. The number of nitrogens with one attached hydrogen (secondary N) is 1. The van der Waals surface area contributed by atoms with Crippen molar-refractivity contribution in [3.63, 3.8) is 0 Å². The maximum Gasteiger partial charge on any atom is 0.118 e. The Bertz CT molecular complexity index is 306. The topological polar surface area (TPSA) is 41.5 Å². The Morgan fingerprint density at radius 3 is 2.38 bits per heavy atom. The predicted octanol–water partition coefficient (Wildman–Crippen LogP) is 1.95. The third kappa shape index (κ3) is 4.21. The molecular weight excluding hydrogens is 202 g/mol. The lowest BCUT2D eigenvalue weighted by Gasteiger charge is -2.25. The Kier molecular flexibility index (Phi) is 4.77. The van der Waals surface area contributed by atoms with E-state index in [2.05, 4.69) is 19.2 Å². The quantitative estimate of drug-likeness (QED) is 0.774. The van der Waals surface area contributed by atoms with Crippen LogP contribution in [0.1, 0.15) is 25.8 Å². The summed E-state index contributed by atoms with van der Waals surface area (Å²) in [7, 11) is 1.66. The van der Waals surface area contributed by atoms with Crippen molar-refractivity contribution in [2.24, 2.45) is 0 Å². The van der Waals surface area contributed by atoms with Crippen LogP contribution in [0.4, 0.5) is 0 Å². The normalized spacial score (nSPS) is 11.5. The van der Waals surface area contributed by atoms with Gasteiger partial charge in [0.05, 0.1) is 7.11 Å². The van der Waals surface area contributed by atoms with E-state index < -0.39 is 0 Å². The molecule has 1 aromatic rings. The average Bonchev–Trinajstić information content (AvgIpc) is 2.27. The highest BCUT2D eigenvalue weighted by Crippen LogP contribution is 2.13. The van der Waals surface area contributed by atoms with E-state index in [1.54, 1.807) is 7.11 Å². The Hall–Kier alpha value is -1.06. The Morgan fingerprint density at radius 2 is 1.88 bits per heavy atom. The molecule has 0 spiro atoms. The molecule has 0 unspecified atom stereocenters. The lowest BCUT2D eigenvalue weighted by Crippen LogP contribution is -2.39. The van der Waals surface area contributed by atoms with Crippen molar-refractivity contribution in [2.75, 3.05) is 13.7 Å². The van der Waals surface area contributed by atoms with Gasteiger partial charge in [0.25, 0.3) is 0 Å². The molecule has 90 valence electrons. The first-order valence-corrected chi connectivity index (χ1v) is 5.56. The van der Waals surface area contributed by atoms with E-state index in [0.29, 0.717) is 0 Å². The Labute approximate surface area is 97.4 Å². The van der Waals surface area contributed by atoms with Gasteiger partial charge in [0, 0.05) is 18.7 Å². The van der Waals surface area contributed by atoms with Crippen LogP contribution >= 0.6 is 0 Å². The summed E-state index contributed by atoms with van der Waals surface area (Å²) in [5.74, 6) is 0.873. The van der Waals surface area contributed by atoms with Gasteiger partial charge in [-0.1, -0.05) is 12.1 Å². The molecule has 0 aliphatic heterocycles. The smallest absolute Gasteiger partial charge is 0.118 e. The van der Waals surface area contributed by atoms with Crippen molar-refractivity contribution in [3.05, 3.63) is 29.8 Å². The molecular formula is C13H21NO2. The van der Waals surface area contributed by atoms with Crippen molar-refractivity contribution < 1.29 is 9.84 Å². The van der Waals surface area contributed by atoms with E-state index in [4.69, 9.17) is 9.84 Å². The second kappa shape index (κ2) is 5.87. The monoisotopic (exact) mass is 223 g/mol. The third-order valence-corrected chi connectivity index (χ3v) is 2.67. The maximum absolute atomic E-state index is 8.91. The highest BCUT2D eigenvalue weighted by atomic mass is 16.5. The van der Waals surface area contributed by atoms with Gasteiger partial charge in [-0.15, -0.1) is 0 Å². The van der Waals surface area contributed by atoms with Gasteiger partial charge in [0.1, 0.15) is 5.75 Å². The molecule has 0 saturated heterocycles. The molecule has 0 fully saturated rings. The SMILES string of the molecule is COc1ccc(CNC(C)(C)CCO)cc1. The molecule has 0 aliphatic rings. The summed E-state index contributed by atoms with van der Waals surface area (Å²) in [6, 6.07) is 7.99. The van der Waals surface area contributed by atoms with E-state index >= 15 is 0 Å². The van der Waals surface area contributed by atoms with Crippen molar-refractivity contribution >= 4 is 0 Å². The molecule has 0 saturated carbocycles. The molecule has 0 heterocycles. The lowest BCUT2D eigenvalue weighted by molar-refractivity contribution is 0.230. The van der Waals surface area contributed by atoms with Crippen LogP contribution in [0.3, 0.4) is 0 Å². The number of hydrogen-bond donors (Lipinski definition) is 2. The molecule has 16 heavy (non-hydrogen) atoms. The summed E-state index contributed by atoms with van der Waals surface area (Å²) in [6.07, 6.45) is 0.753. The first kappa shape index (κ1) is 13.0. The van der Waals surface area contributed by atoms with Gasteiger partial charge in [0.2, 0.25) is 0 Å². The van der Waals surface area contributed by atoms with Gasteiger partial charge >= 0.3 is 0 Å². The van der Waals surface area contributed by atoms with Gasteiger partial charge in [-0.05, 0) is 38.0 Å². The summed E-state index contributed by atoms with van der Waals surface area (Å²) in [4.78, 5) is 0. The molecule has 2 N–H and O–H groups in total. The number of benzene rings is 1. The van der Waals surface area contributed by atoms with Gasteiger partial charge in [-0.25, -0.2) is 0 Å². The molecule has 1 aromatic carbocycles. The second-order valence-electron chi connectivity index (χ2n) is 4.56. The molecule has 0 amide bonds. The van der Waals surface area contributed by atoms with Crippen LogP contribution in [0.25, 0.3) is 0 Å². The minimum absolute atomic E-state index is 0.0331. The molecule has 3 heteroatoms. The van der Waals surface area contributed by atoms with Crippen LogP contribution in [-0.4, -0.2) is 24.4 Å². The molecule has 0 bridgehead atoms. The number of rotatable bonds is 6. The van der Waals surface area contributed by atoms with Crippen LogP contribution in [-0.2, 0) is 6.54 Å². The summed E-state index contributed by atoms with van der Waals surface area (Å²) in [5, 5.41) is 12.3. The summed E-state index contributed by atoms with van der Waals surface area (Å²) < 4.78 is 5.10. The molecule has 0 atom stereocenters. The van der Waals surface area contributed by atoms with Gasteiger partial charge in [-0.3, -0.25) is 0 Å². The lowest BCUT2D eigenvalue weighted by atomic mass is 10.0. The van der Waals surface area contributed by atoms with E-state index in [0.717, 1.165) is 18.7 Å². The van der Waals surface area contributed by atoms with Crippen molar-refractivity contribution in [1.82, 2.24) is 5.32 Å². The summed E-state index contributed by atoms with van der Waals surface area (Å²) in [5.41, 5.74) is 1.18. The molecule has 0 radical (unpaired) electrons. The molecule has 3 nitrogen and oxygen atoms in total. The first-order valence-electron chi connectivity index (χ1n) is 5.56. The number of hydrogen-bond acceptors (Lipinski definition) is 3. The fourth-order valence-electron chi connectivity index (χ4n) is 1.45. The minimum atomic E-state index is -0.0331. The zero-order chi connectivity index (χ0) is 12.0. The van der Waals surface area contributed by atoms with E-state index in [1.807, 2.05) is 24.3 Å². The van der Waals surface area contributed by atoms with Crippen molar-refractivity contribution in [1.29, 1.82) is 0 Å². The largest absolute Gasteiger partial charge is 0.497 e. The number of aliphatic hydroxyl groups is 1. The van der Waals surface area contributed by atoms with Crippen molar-refractivity contribution in [2.45, 2.75) is 32.4 Å². The fraction of sp³-hybridized carbons (Fsp3) is 0.538. The summed E-state index contributed by atoms with van der Waals surface area (Å²) >= 11 is 0. The van der Waals surface area contributed by atoms with Crippen LogP contribution in [0.2, 0.25) is 0 Å². The van der Waals surface area contributed by atoms with Crippen LogP contribution in [0.5, 0.6) is 5.75 Å². The Morgan fingerprint density at radius 1 is 1.25 bits per heavy atom. The van der Waals surface area contributed by atoms with Crippen LogP contribution in [0, 0.1) is 0 Å². The van der Waals surface area contributed by atoms with E-state index in [9.17, 15) is 0 Å². The van der Waals surface area contributed by atoms with E-state index in [-0.39, 0.29) is 12.1 Å². The van der Waals surface area contributed by atoms with E-state index in [1.165, 1.54) is 5.56 Å². The highest BCUT2D eigenvalue weighted by Gasteiger charge is 2.15. The zero-order valence-electron chi connectivity index (χ0n) is 10.3. The van der Waals surface area contributed by atoms with Gasteiger partial charge in [-0.2, -0.15) is 0 Å². The Balaban J connectivity index is 2.48. The number of ether oxygens (including phenoxy) is 1. The zero-order valence-corrected chi connectivity index (χ0v) is 10.3. The second-order valence-corrected chi connectivity index (χ2v) is 4.56. The molecule has 0 aliphatic carbocycles. The van der Waals surface area contributed by atoms with Crippen LogP contribution in [0.15, 0.2) is 24.3 Å². The van der Waals surface area contributed by atoms with Gasteiger partial charge in [0.15, 0.2) is 0 Å². The van der Waals surface area contributed by atoms with Gasteiger partial charge < -0.3 is 15.2 Å². The minimum Gasteiger partial charge on any atom is -0.497 e. The number of methoxy groups -OCH3 is 1. The van der Waals surface area contributed by atoms with Crippen molar-refractivity contribution in [3.8, 4) is 5.75 Å². The summed E-state index contributed by atoms with van der Waals surface area (Å²) in [6.45, 7) is 5.19. The van der Waals surface area contributed by atoms with Crippen LogP contribution < -0.4 is 10.1 Å². The first-order chi connectivity index (χ1) is 7.57. The maximum atomic E-state index is 8.91. The predicted molar refractivity (Wildman–Crippen MR) is 65.6 cm³/mol. The third-order valence-electron chi connectivity index (χ3n) is 2.67. The molecule has 0 aromatic heterocycles. The molecule has 1 rings (SSSR count). The standard InChI is InChI=1S/C13H21NO2/c1-13(2,8-9-15)14-10-11-4-6-12(16-3)7-5-11/h4-7,14-15H,8-10H2,1-3H3. The average molecular weight is 223 g/mol. The fourth-order valence-corrected chi connectivity index (χ4v) is 1.45. The number of aliphatic hydroxyl groups excluding tert-OH is 1.